The van der Waals surface area contributed by atoms with E-state index in [0.29, 0.717) is 6.42 Å². The number of ether oxygens (including phenoxy) is 1. The van der Waals surface area contributed by atoms with Gasteiger partial charge >= 0.3 is 5.97 Å². The monoisotopic (exact) mass is 376 g/mol. The second kappa shape index (κ2) is 17.3. The van der Waals surface area contributed by atoms with Crippen LogP contribution in [-0.2, 0) is 9.53 Å². The number of rotatable bonds is 16. The fraction of sp³-hybridized carbons (Fsp3) is 0.947. The molecule has 0 aromatic carbocycles. The summed E-state index contributed by atoms with van der Waals surface area (Å²) in [5.74, 6) is 0.0102. The van der Waals surface area contributed by atoms with Crippen molar-refractivity contribution in [3.05, 3.63) is 0 Å². The summed E-state index contributed by atoms with van der Waals surface area (Å²) >= 11 is 3.42. The Hall–Kier alpha value is -0.0500. The molecule has 0 bridgehead atoms. The van der Waals surface area contributed by atoms with Gasteiger partial charge in [-0.3, -0.25) is 4.79 Å². The van der Waals surface area contributed by atoms with Crippen molar-refractivity contribution in [1.29, 1.82) is 0 Å². The van der Waals surface area contributed by atoms with E-state index in [1.165, 1.54) is 44.9 Å². The molecular formula is C19H37BrO2. The average molecular weight is 377 g/mol. The number of hydrogen-bond donors (Lipinski definition) is 0. The Balaban J connectivity index is 3.69. The number of hydrogen-bond acceptors (Lipinski definition) is 2. The molecule has 0 fully saturated rings. The Morgan fingerprint density at radius 3 is 2.09 bits per heavy atom. The van der Waals surface area contributed by atoms with Crippen LogP contribution in [0.5, 0.6) is 0 Å². The molecule has 0 N–H and O–H groups in total. The molecule has 1 unspecified atom stereocenters. The molecule has 2 nitrogen and oxygen atoms in total. The van der Waals surface area contributed by atoms with Crippen LogP contribution in [0.25, 0.3) is 0 Å². The summed E-state index contributed by atoms with van der Waals surface area (Å²) in [7, 11) is 0. The van der Waals surface area contributed by atoms with E-state index in [0.717, 1.165) is 43.9 Å². The van der Waals surface area contributed by atoms with Crippen LogP contribution in [0.2, 0.25) is 0 Å². The lowest BCUT2D eigenvalue weighted by Crippen LogP contribution is -2.18. The maximum atomic E-state index is 11.9. The van der Waals surface area contributed by atoms with E-state index in [1.54, 1.807) is 0 Å². The molecule has 3 heteroatoms. The quantitative estimate of drug-likeness (QED) is 0.168. The largest absolute Gasteiger partial charge is 0.462 e. The van der Waals surface area contributed by atoms with Crippen molar-refractivity contribution < 1.29 is 9.53 Å². The van der Waals surface area contributed by atoms with Gasteiger partial charge in [-0.2, -0.15) is 0 Å². The molecule has 0 rings (SSSR count). The third-order valence-corrected chi connectivity index (χ3v) is 4.61. The van der Waals surface area contributed by atoms with Crippen LogP contribution >= 0.6 is 15.9 Å². The highest BCUT2D eigenvalue weighted by Crippen LogP contribution is 2.15. The van der Waals surface area contributed by atoms with Crippen LogP contribution in [-0.4, -0.2) is 17.4 Å². The van der Waals surface area contributed by atoms with Crippen molar-refractivity contribution in [2.45, 2.75) is 110 Å². The summed E-state index contributed by atoms with van der Waals surface area (Å²) in [5.41, 5.74) is 0. The predicted octanol–water partition coefficient (Wildman–Crippen LogP) is 6.79. The van der Waals surface area contributed by atoms with Crippen LogP contribution in [0.3, 0.4) is 0 Å². The van der Waals surface area contributed by atoms with E-state index in [4.69, 9.17) is 4.74 Å². The molecular weight excluding hydrogens is 340 g/mol. The highest BCUT2D eigenvalue weighted by Gasteiger charge is 2.13. The van der Waals surface area contributed by atoms with Gasteiger partial charge in [0.05, 0.1) is 0 Å². The van der Waals surface area contributed by atoms with Gasteiger partial charge in [0, 0.05) is 11.8 Å². The second-order valence-corrected chi connectivity index (χ2v) is 7.10. The predicted molar refractivity (Wildman–Crippen MR) is 99.7 cm³/mol. The standard InChI is InChI=1S/C19H37BrO2/c1-3-5-6-7-8-9-11-15-18(14-4-2)22-19(21)16-12-10-13-17-20/h18H,3-17H2,1-2H3. The van der Waals surface area contributed by atoms with E-state index < -0.39 is 0 Å². The molecule has 0 heterocycles. The molecule has 0 saturated carbocycles. The van der Waals surface area contributed by atoms with E-state index >= 15 is 0 Å². The smallest absolute Gasteiger partial charge is 0.306 e. The first-order valence-electron chi connectivity index (χ1n) is 9.50. The van der Waals surface area contributed by atoms with Gasteiger partial charge < -0.3 is 4.74 Å². The Bertz CT molecular complexity index is 244. The number of alkyl halides is 1. The van der Waals surface area contributed by atoms with Gasteiger partial charge in [-0.1, -0.05) is 81.1 Å². The fourth-order valence-electron chi connectivity index (χ4n) is 2.70. The second-order valence-electron chi connectivity index (χ2n) is 6.31. The van der Waals surface area contributed by atoms with Gasteiger partial charge in [0.2, 0.25) is 0 Å². The summed E-state index contributed by atoms with van der Waals surface area (Å²) in [6, 6.07) is 0. The molecule has 0 radical (unpaired) electrons. The fourth-order valence-corrected chi connectivity index (χ4v) is 3.10. The molecule has 0 aromatic rings. The minimum Gasteiger partial charge on any atom is -0.462 e. The van der Waals surface area contributed by atoms with Crippen molar-refractivity contribution in [3.8, 4) is 0 Å². The lowest BCUT2D eigenvalue weighted by Gasteiger charge is -2.17. The molecule has 0 aliphatic carbocycles. The lowest BCUT2D eigenvalue weighted by atomic mass is 10.0. The third kappa shape index (κ3) is 14.9. The minimum atomic E-state index is 0.0102. The van der Waals surface area contributed by atoms with Gasteiger partial charge in [0.15, 0.2) is 0 Å². The zero-order valence-electron chi connectivity index (χ0n) is 14.9. The molecule has 1 atom stereocenters. The Kier molecular flexibility index (Phi) is 17.3. The van der Waals surface area contributed by atoms with Gasteiger partial charge in [-0.25, -0.2) is 0 Å². The van der Waals surface area contributed by atoms with Crippen LogP contribution in [0.1, 0.15) is 104 Å². The highest BCUT2D eigenvalue weighted by molar-refractivity contribution is 9.09. The van der Waals surface area contributed by atoms with Crippen LogP contribution in [0, 0.1) is 0 Å². The van der Waals surface area contributed by atoms with Gasteiger partial charge in [0.1, 0.15) is 6.10 Å². The molecule has 0 amide bonds. The topological polar surface area (TPSA) is 26.3 Å². The summed E-state index contributed by atoms with van der Waals surface area (Å²) in [5, 5.41) is 1.03. The lowest BCUT2D eigenvalue weighted by molar-refractivity contribution is -0.150. The molecule has 0 aromatic heterocycles. The molecule has 0 saturated heterocycles. The van der Waals surface area contributed by atoms with E-state index in [9.17, 15) is 4.79 Å². The van der Waals surface area contributed by atoms with Gasteiger partial charge in [-0.05, 0) is 32.1 Å². The van der Waals surface area contributed by atoms with E-state index in [-0.39, 0.29) is 12.1 Å². The van der Waals surface area contributed by atoms with Gasteiger partial charge in [-0.15, -0.1) is 0 Å². The van der Waals surface area contributed by atoms with Crippen molar-refractivity contribution in [2.24, 2.45) is 0 Å². The SMILES string of the molecule is CCCCCCCCCC(CCC)OC(=O)CCCCCBr. The first kappa shape index (κ1) is 21.9. The number of carbonyl (C=O) groups is 1. The Morgan fingerprint density at radius 2 is 1.45 bits per heavy atom. The molecule has 0 aliphatic rings. The van der Waals surface area contributed by atoms with Crippen LogP contribution < -0.4 is 0 Å². The number of carbonyl (C=O) groups excluding carboxylic acids is 1. The summed E-state index contributed by atoms with van der Waals surface area (Å²) in [6.45, 7) is 4.42. The summed E-state index contributed by atoms with van der Waals surface area (Å²) < 4.78 is 5.67. The number of halogens is 1. The van der Waals surface area contributed by atoms with Crippen molar-refractivity contribution >= 4 is 21.9 Å². The normalized spacial score (nSPS) is 12.3. The number of unbranched alkanes of at least 4 members (excludes halogenated alkanes) is 8. The molecule has 132 valence electrons. The van der Waals surface area contributed by atoms with Crippen LogP contribution in [0.4, 0.5) is 0 Å². The minimum absolute atomic E-state index is 0.0102. The van der Waals surface area contributed by atoms with Crippen LogP contribution in [0.15, 0.2) is 0 Å². The first-order valence-corrected chi connectivity index (χ1v) is 10.6. The zero-order chi connectivity index (χ0) is 16.5. The Morgan fingerprint density at radius 1 is 0.818 bits per heavy atom. The van der Waals surface area contributed by atoms with E-state index in [2.05, 4.69) is 29.8 Å². The molecule has 22 heavy (non-hydrogen) atoms. The van der Waals surface area contributed by atoms with Crippen molar-refractivity contribution in [2.75, 3.05) is 5.33 Å². The highest BCUT2D eigenvalue weighted by atomic mass is 79.9. The first-order chi connectivity index (χ1) is 10.7. The summed E-state index contributed by atoms with van der Waals surface area (Å²) in [4.78, 5) is 11.9. The van der Waals surface area contributed by atoms with Crippen molar-refractivity contribution in [1.82, 2.24) is 0 Å². The van der Waals surface area contributed by atoms with E-state index in [1.807, 2.05) is 0 Å². The molecule has 0 aliphatic heterocycles. The summed E-state index contributed by atoms with van der Waals surface area (Å²) in [6.07, 6.45) is 16.3. The maximum absolute atomic E-state index is 11.9. The number of esters is 1. The van der Waals surface area contributed by atoms with Gasteiger partial charge in [0.25, 0.3) is 0 Å². The maximum Gasteiger partial charge on any atom is 0.306 e. The zero-order valence-corrected chi connectivity index (χ0v) is 16.5. The third-order valence-electron chi connectivity index (χ3n) is 4.05. The average Bonchev–Trinajstić information content (AvgIpc) is 2.51. The molecule has 0 spiro atoms. The van der Waals surface area contributed by atoms with Crippen molar-refractivity contribution in [3.63, 3.8) is 0 Å². The Labute approximate surface area is 146 Å².